The van der Waals surface area contributed by atoms with Gasteiger partial charge in [0.2, 0.25) is 16.0 Å². The molecule has 2 aromatic carbocycles. The van der Waals surface area contributed by atoms with Gasteiger partial charge in [-0.3, -0.25) is 4.72 Å². The predicted octanol–water partition coefficient (Wildman–Crippen LogP) is 6.08. The van der Waals surface area contributed by atoms with Crippen LogP contribution in [-0.4, -0.2) is 61.4 Å². The number of anilines is 2. The molecule has 1 heterocycles. The number of hydrogen-bond acceptors (Lipinski definition) is 6. The number of nitrogens with zero attached hydrogens (tertiary/aromatic N) is 3. The Hall–Kier alpha value is -2.92. The SMILES string of the molecule is CCCS(=O)(=O)Nc1c(F)cc(-c2cc(C(C)C)c3nc(N[C@H]4CC[C@H](N(C)C)C(F)C4)ncc3c2)cc1F. The van der Waals surface area contributed by atoms with E-state index in [4.69, 9.17) is 4.98 Å². The van der Waals surface area contributed by atoms with Crippen molar-refractivity contribution in [1.82, 2.24) is 14.9 Å². The van der Waals surface area contributed by atoms with E-state index in [0.29, 0.717) is 35.3 Å². The molecule has 1 aliphatic carbocycles. The van der Waals surface area contributed by atoms with Crippen LogP contribution in [0, 0.1) is 11.6 Å². The first-order valence-electron chi connectivity index (χ1n) is 13.3. The highest BCUT2D eigenvalue weighted by Crippen LogP contribution is 2.34. The summed E-state index contributed by atoms with van der Waals surface area (Å²) in [6, 6.07) is 5.65. The number of halogens is 3. The van der Waals surface area contributed by atoms with Gasteiger partial charge in [0, 0.05) is 30.1 Å². The lowest BCUT2D eigenvalue weighted by Crippen LogP contribution is -2.44. The minimum atomic E-state index is -3.85. The molecule has 1 saturated carbocycles. The van der Waals surface area contributed by atoms with Crippen LogP contribution in [-0.2, 0) is 10.0 Å². The quantitative estimate of drug-likeness (QED) is 0.328. The Kier molecular flexibility index (Phi) is 8.70. The zero-order valence-corrected chi connectivity index (χ0v) is 23.7. The summed E-state index contributed by atoms with van der Waals surface area (Å²) in [6.07, 6.45) is 2.96. The highest BCUT2D eigenvalue weighted by Gasteiger charge is 2.32. The smallest absolute Gasteiger partial charge is 0.232 e. The summed E-state index contributed by atoms with van der Waals surface area (Å²) in [5.74, 6) is -1.78. The first-order chi connectivity index (χ1) is 18.4. The van der Waals surface area contributed by atoms with Crippen molar-refractivity contribution < 1.29 is 21.6 Å². The van der Waals surface area contributed by atoms with Gasteiger partial charge in [-0.2, -0.15) is 0 Å². The largest absolute Gasteiger partial charge is 0.351 e. The Morgan fingerprint density at radius 1 is 1.08 bits per heavy atom. The summed E-state index contributed by atoms with van der Waals surface area (Å²) in [5, 5.41) is 3.98. The van der Waals surface area contributed by atoms with Gasteiger partial charge in [-0.1, -0.05) is 20.8 Å². The number of fused-ring (bicyclic) bond motifs is 1. The molecule has 0 spiro atoms. The van der Waals surface area contributed by atoms with Crippen molar-refractivity contribution in [1.29, 1.82) is 0 Å². The molecular weight excluding hydrogens is 527 g/mol. The molecule has 7 nitrogen and oxygen atoms in total. The number of hydrogen-bond donors (Lipinski definition) is 2. The fourth-order valence-electron chi connectivity index (χ4n) is 5.16. The van der Waals surface area contributed by atoms with Crippen molar-refractivity contribution in [2.75, 3.05) is 29.9 Å². The van der Waals surface area contributed by atoms with Gasteiger partial charge >= 0.3 is 0 Å². The van der Waals surface area contributed by atoms with Gasteiger partial charge in [-0.15, -0.1) is 0 Å². The van der Waals surface area contributed by atoms with Crippen molar-refractivity contribution in [3.8, 4) is 11.1 Å². The molecule has 1 aromatic heterocycles. The van der Waals surface area contributed by atoms with Gasteiger partial charge in [0.1, 0.15) is 11.9 Å². The predicted molar refractivity (Wildman–Crippen MR) is 150 cm³/mol. The molecule has 3 atom stereocenters. The Balaban J connectivity index is 1.64. The molecule has 1 unspecified atom stereocenters. The Morgan fingerprint density at radius 3 is 2.33 bits per heavy atom. The summed E-state index contributed by atoms with van der Waals surface area (Å²) < 4.78 is 70.5. The fraction of sp³-hybridized carbons (Fsp3) is 0.500. The molecule has 0 aliphatic heterocycles. The van der Waals surface area contributed by atoms with E-state index in [2.05, 4.69) is 10.3 Å². The molecule has 1 aliphatic rings. The second-order valence-electron chi connectivity index (χ2n) is 10.8. The normalized spacial score (nSPS) is 20.1. The molecule has 11 heteroatoms. The van der Waals surface area contributed by atoms with Gasteiger partial charge in [0.15, 0.2) is 11.6 Å². The maximum atomic E-state index is 14.9. The third-order valence-corrected chi connectivity index (χ3v) is 8.64. The van der Waals surface area contributed by atoms with Crippen LogP contribution >= 0.6 is 0 Å². The highest BCUT2D eigenvalue weighted by molar-refractivity contribution is 7.92. The van der Waals surface area contributed by atoms with E-state index in [1.54, 1.807) is 19.2 Å². The van der Waals surface area contributed by atoms with Crippen LogP contribution in [0.25, 0.3) is 22.0 Å². The monoisotopic (exact) mass is 563 g/mol. The molecule has 212 valence electrons. The zero-order chi connectivity index (χ0) is 28.5. The van der Waals surface area contributed by atoms with E-state index < -0.39 is 33.5 Å². The third kappa shape index (κ3) is 6.63. The molecule has 3 aromatic rings. The lowest BCUT2D eigenvalue weighted by Gasteiger charge is -2.35. The lowest BCUT2D eigenvalue weighted by molar-refractivity contribution is 0.109. The average molecular weight is 564 g/mol. The Morgan fingerprint density at radius 2 is 1.74 bits per heavy atom. The van der Waals surface area contributed by atoms with Crippen LogP contribution in [0.2, 0.25) is 0 Å². The van der Waals surface area contributed by atoms with E-state index in [9.17, 15) is 21.6 Å². The topological polar surface area (TPSA) is 87.2 Å². The molecule has 2 N–H and O–H groups in total. The highest BCUT2D eigenvalue weighted by atomic mass is 32.2. The summed E-state index contributed by atoms with van der Waals surface area (Å²) in [4.78, 5) is 11.1. The number of aromatic nitrogens is 2. The lowest BCUT2D eigenvalue weighted by atomic mass is 9.89. The van der Waals surface area contributed by atoms with E-state index in [0.717, 1.165) is 30.5 Å². The standard InChI is InChI=1S/C28H36F3N5O2S/c1-6-9-39(37,38)35-27-23(30)12-18(13-24(27)31)17-10-19-15-32-28(34-26(19)21(11-17)16(2)3)33-20-7-8-25(36(4)5)22(29)14-20/h10-13,15-16,20,22,25,35H,6-9,14H2,1-5H3,(H,32,33,34)/t20-,22?,25-/m0/s1. The summed E-state index contributed by atoms with van der Waals surface area (Å²) in [6.45, 7) is 5.66. The van der Waals surface area contributed by atoms with Gasteiger partial charge in [0.05, 0.1) is 11.3 Å². The van der Waals surface area contributed by atoms with Crippen LogP contribution < -0.4 is 10.0 Å². The second kappa shape index (κ2) is 11.7. The molecule has 0 bridgehead atoms. The molecule has 0 amide bonds. The number of sulfonamides is 1. The number of nitrogens with one attached hydrogen (secondary N) is 2. The molecule has 39 heavy (non-hydrogen) atoms. The number of benzene rings is 2. The molecule has 0 saturated heterocycles. The third-order valence-electron chi connectivity index (χ3n) is 7.17. The van der Waals surface area contributed by atoms with Gasteiger partial charge < -0.3 is 10.2 Å². The van der Waals surface area contributed by atoms with Crippen molar-refractivity contribution in [2.45, 2.75) is 70.6 Å². The van der Waals surface area contributed by atoms with Crippen LogP contribution in [0.3, 0.4) is 0 Å². The number of rotatable bonds is 9. The maximum absolute atomic E-state index is 14.9. The molecule has 1 fully saturated rings. The van der Waals surface area contributed by atoms with Crippen LogP contribution in [0.5, 0.6) is 0 Å². The number of alkyl halides is 1. The van der Waals surface area contributed by atoms with Gasteiger partial charge in [-0.25, -0.2) is 31.6 Å². The minimum Gasteiger partial charge on any atom is -0.351 e. The van der Waals surface area contributed by atoms with E-state index in [-0.39, 0.29) is 29.3 Å². The molecular formula is C28H36F3N5O2S. The second-order valence-corrected chi connectivity index (χ2v) is 12.6. The molecule has 4 rings (SSSR count). The fourth-order valence-corrected chi connectivity index (χ4v) is 6.30. The summed E-state index contributed by atoms with van der Waals surface area (Å²) in [5.41, 5.74) is 1.70. The van der Waals surface area contributed by atoms with E-state index >= 15 is 0 Å². The van der Waals surface area contributed by atoms with Crippen LogP contribution in [0.15, 0.2) is 30.5 Å². The van der Waals surface area contributed by atoms with Crippen molar-refractivity contribution in [3.05, 3.63) is 47.7 Å². The summed E-state index contributed by atoms with van der Waals surface area (Å²) >= 11 is 0. The van der Waals surface area contributed by atoms with E-state index in [1.165, 1.54) is 0 Å². The first kappa shape index (κ1) is 29.1. The Labute approximate surface area is 228 Å². The average Bonchev–Trinajstić information content (AvgIpc) is 2.85. The zero-order valence-electron chi connectivity index (χ0n) is 22.9. The maximum Gasteiger partial charge on any atom is 0.232 e. The molecule has 0 radical (unpaired) electrons. The van der Waals surface area contributed by atoms with E-state index in [1.807, 2.05) is 43.6 Å². The minimum absolute atomic E-state index is 0.0378. The van der Waals surface area contributed by atoms with Crippen molar-refractivity contribution in [3.63, 3.8) is 0 Å². The Bertz CT molecular complexity index is 1430. The van der Waals surface area contributed by atoms with Crippen molar-refractivity contribution >= 4 is 32.6 Å². The van der Waals surface area contributed by atoms with Gasteiger partial charge in [0.25, 0.3) is 0 Å². The first-order valence-corrected chi connectivity index (χ1v) is 14.9. The van der Waals surface area contributed by atoms with Gasteiger partial charge in [-0.05, 0) is 80.2 Å². The summed E-state index contributed by atoms with van der Waals surface area (Å²) in [7, 11) is -0.0660. The van der Waals surface area contributed by atoms with Crippen LogP contribution in [0.4, 0.5) is 24.8 Å². The van der Waals surface area contributed by atoms with Crippen LogP contribution in [0.1, 0.15) is 57.9 Å². The van der Waals surface area contributed by atoms with Crippen molar-refractivity contribution in [2.24, 2.45) is 0 Å².